The third kappa shape index (κ3) is 1.76. The van der Waals surface area contributed by atoms with Crippen molar-refractivity contribution in [1.82, 2.24) is 0 Å². The first kappa shape index (κ1) is 9.05. The van der Waals surface area contributed by atoms with Gasteiger partial charge in [-0.3, -0.25) is 0 Å². The molecule has 1 aliphatic rings. The zero-order valence-electron chi connectivity index (χ0n) is 7.90. The predicted octanol–water partition coefficient (Wildman–Crippen LogP) is 2.69. The van der Waals surface area contributed by atoms with Gasteiger partial charge in [-0.05, 0) is 25.2 Å². The molecule has 0 saturated heterocycles. The van der Waals surface area contributed by atoms with Crippen molar-refractivity contribution in [3.8, 4) is 0 Å². The third-order valence-corrected chi connectivity index (χ3v) is 3.41. The van der Waals surface area contributed by atoms with E-state index in [-0.39, 0.29) is 5.54 Å². The molecule has 1 heteroatoms. The van der Waals surface area contributed by atoms with Gasteiger partial charge in [0.05, 0.1) is 0 Å². The summed E-state index contributed by atoms with van der Waals surface area (Å²) in [6, 6.07) is 0. The van der Waals surface area contributed by atoms with E-state index in [1.165, 1.54) is 32.1 Å². The maximum Gasteiger partial charge on any atom is 0.0180 e. The van der Waals surface area contributed by atoms with Crippen LogP contribution in [0.25, 0.3) is 0 Å². The van der Waals surface area contributed by atoms with E-state index in [1.54, 1.807) is 0 Å². The van der Waals surface area contributed by atoms with E-state index in [1.807, 2.05) is 0 Å². The standard InChI is InChI=1S/C10H21N/c1-3-9-7-5-6-8-10(9,11)4-2/h9H,3-8,11H2,1-2H3. The van der Waals surface area contributed by atoms with Crippen LogP contribution < -0.4 is 5.73 Å². The van der Waals surface area contributed by atoms with Gasteiger partial charge in [0.1, 0.15) is 0 Å². The molecular weight excluding hydrogens is 134 g/mol. The van der Waals surface area contributed by atoms with Crippen molar-refractivity contribution < 1.29 is 0 Å². The van der Waals surface area contributed by atoms with Gasteiger partial charge >= 0.3 is 0 Å². The van der Waals surface area contributed by atoms with Crippen LogP contribution in [0.5, 0.6) is 0 Å². The predicted molar refractivity (Wildman–Crippen MR) is 49.5 cm³/mol. The molecule has 66 valence electrons. The average Bonchev–Trinajstić information content (AvgIpc) is 2.05. The molecule has 1 saturated carbocycles. The second-order valence-electron chi connectivity index (χ2n) is 3.94. The van der Waals surface area contributed by atoms with Crippen LogP contribution in [0.4, 0.5) is 0 Å². The Morgan fingerprint density at radius 3 is 2.55 bits per heavy atom. The molecule has 0 radical (unpaired) electrons. The van der Waals surface area contributed by atoms with E-state index in [2.05, 4.69) is 13.8 Å². The van der Waals surface area contributed by atoms with Crippen LogP contribution in [0, 0.1) is 5.92 Å². The van der Waals surface area contributed by atoms with Crippen LogP contribution in [0.3, 0.4) is 0 Å². The zero-order valence-corrected chi connectivity index (χ0v) is 7.90. The fourth-order valence-corrected chi connectivity index (χ4v) is 2.41. The van der Waals surface area contributed by atoms with Crippen LogP contribution in [-0.2, 0) is 0 Å². The van der Waals surface area contributed by atoms with E-state index in [9.17, 15) is 0 Å². The maximum absolute atomic E-state index is 6.31. The fourth-order valence-electron chi connectivity index (χ4n) is 2.41. The van der Waals surface area contributed by atoms with Gasteiger partial charge in [0.15, 0.2) is 0 Å². The minimum Gasteiger partial charge on any atom is -0.325 e. The van der Waals surface area contributed by atoms with Gasteiger partial charge < -0.3 is 5.73 Å². The van der Waals surface area contributed by atoms with Crippen molar-refractivity contribution in [3.63, 3.8) is 0 Å². The molecule has 2 atom stereocenters. The van der Waals surface area contributed by atoms with Gasteiger partial charge in [-0.2, -0.15) is 0 Å². The lowest BCUT2D eigenvalue weighted by Gasteiger charge is -2.40. The minimum absolute atomic E-state index is 0.188. The van der Waals surface area contributed by atoms with E-state index in [0.29, 0.717) is 0 Å². The summed E-state index contributed by atoms with van der Waals surface area (Å²) in [6.07, 6.45) is 7.79. The zero-order chi connectivity index (χ0) is 8.32. The highest BCUT2D eigenvalue weighted by Gasteiger charge is 2.33. The summed E-state index contributed by atoms with van der Waals surface area (Å²) in [5.74, 6) is 0.793. The number of hydrogen-bond acceptors (Lipinski definition) is 1. The maximum atomic E-state index is 6.31. The summed E-state index contributed by atoms with van der Waals surface area (Å²) < 4.78 is 0. The van der Waals surface area contributed by atoms with Gasteiger partial charge in [-0.15, -0.1) is 0 Å². The van der Waals surface area contributed by atoms with Crippen LogP contribution >= 0.6 is 0 Å². The van der Waals surface area contributed by atoms with Crippen molar-refractivity contribution in [2.75, 3.05) is 0 Å². The molecule has 0 bridgehead atoms. The molecule has 1 rings (SSSR count). The number of nitrogens with two attached hydrogens (primary N) is 1. The lowest BCUT2D eigenvalue weighted by Crippen LogP contribution is -2.48. The summed E-state index contributed by atoms with van der Waals surface area (Å²) in [5, 5.41) is 0. The van der Waals surface area contributed by atoms with E-state index in [4.69, 9.17) is 5.73 Å². The Bertz CT molecular complexity index is 122. The molecule has 2 unspecified atom stereocenters. The SMILES string of the molecule is CCC1CCCCC1(N)CC. The van der Waals surface area contributed by atoms with Gasteiger partial charge in [-0.25, -0.2) is 0 Å². The molecule has 0 aliphatic heterocycles. The van der Waals surface area contributed by atoms with Gasteiger partial charge in [0, 0.05) is 5.54 Å². The van der Waals surface area contributed by atoms with Gasteiger partial charge in [-0.1, -0.05) is 33.1 Å². The summed E-state index contributed by atoms with van der Waals surface area (Å²) in [5.41, 5.74) is 6.50. The highest BCUT2D eigenvalue weighted by atomic mass is 14.8. The molecule has 0 spiro atoms. The Morgan fingerprint density at radius 1 is 1.36 bits per heavy atom. The molecule has 0 heterocycles. The van der Waals surface area contributed by atoms with Crippen molar-refractivity contribution in [1.29, 1.82) is 0 Å². The van der Waals surface area contributed by atoms with Crippen molar-refractivity contribution in [2.45, 2.75) is 57.9 Å². The first-order valence-electron chi connectivity index (χ1n) is 5.02. The smallest absolute Gasteiger partial charge is 0.0180 e. The molecule has 0 aromatic heterocycles. The van der Waals surface area contributed by atoms with Crippen LogP contribution in [0.1, 0.15) is 52.4 Å². The second kappa shape index (κ2) is 3.57. The topological polar surface area (TPSA) is 26.0 Å². The Kier molecular flexibility index (Phi) is 2.94. The van der Waals surface area contributed by atoms with Gasteiger partial charge in [0.25, 0.3) is 0 Å². The number of rotatable bonds is 2. The summed E-state index contributed by atoms with van der Waals surface area (Å²) in [4.78, 5) is 0. The molecule has 0 amide bonds. The Hall–Kier alpha value is -0.0400. The highest BCUT2D eigenvalue weighted by Crippen LogP contribution is 2.35. The molecular formula is C10H21N. The highest BCUT2D eigenvalue weighted by molar-refractivity contribution is 4.92. The molecule has 0 aromatic rings. The molecule has 0 aromatic carbocycles. The molecule has 2 N–H and O–H groups in total. The van der Waals surface area contributed by atoms with Gasteiger partial charge in [0.2, 0.25) is 0 Å². The van der Waals surface area contributed by atoms with E-state index < -0.39 is 0 Å². The first-order chi connectivity index (χ1) is 5.23. The third-order valence-electron chi connectivity index (χ3n) is 3.41. The average molecular weight is 155 g/mol. The lowest BCUT2D eigenvalue weighted by molar-refractivity contribution is 0.177. The Morgan fingerprint density at radius 2 is 2.09 bits per heavy atom. The summed E-state index contributed by atoms with van der Waals surface area (Å²) >= 11 is 0. The second-order valence-corrected chi connectivity index (χ2v) is 3.94. The van der Waals surface area contributed by atoms with Crippen molar-refractivity contribution in [2.24, 2.45) is 11.7 Å². The normalized spacial score (nSPS) is 39.0. The Balaban J connectivity index is 2.57. The van der Waals surface area contributed by atoms with Crippen LogP contribution in [0.15, 0.2) is 0 Å². The molecule has 1 aliphatic carbocycles. The minimum atomic E-state index is 0.188. The van der Waals surface area contributed by atoms with E-state index in [0.717, 1.165) is 12.3 Å². The van der Waals surface area contributed by atoms with Crippen molar-refractivity contribution in [3.05, 3.63) is 0 Å². The monoisotopic (exact) mass is 155 g/mol. The van der Waals surface area contributed by atoms with Crippen LogP contribution in [0.2, 0.25) is 0 Å². The Labute approximate surface area is 70.4 Å². The first-order valence-corrected chi connectivity index (χ1v) is 5.02. The van der Waals surface area contributed by atoms with Crippen molar-refractivity contribution >= 4 is 0 Å². The quantitative estimate of drug-likeness (QED) is 0.652. The fraction of sp³-hybridized carbons (Fsp3) is 1.00. The number of hydrogen-bond donors (Lipinski definition) is 1. The van der Waals surface area contributed by atoms with Crippen LogP contribution in [-0.4, -0.2) is 5.54 Å². The van der Waals surface area contributed by atoms with E-state index >= 15 is 0 Å². The molecule has 1 nitrogen and oxygen atoms in total. The lowest BCUT2D eigenvalue weighted by atomic mass is 9.71. The molecule has 1 fully saturated rings. The summed E-state index contributed by atoms with van der Waals surface area (Å²) in [6.45, 7) is 4.50. The molecule has 11 heavy (non-hydrogen) atoms. The summed E-state index contributed by atoms with van der Waals surface area (Å²) in [7, 11) is 0. The largest absolute Gasteiger partial charge is 0.325 e.